The lowest BCUT2D eigenvalue weighted by atomic mass is 9.86. The molecule has 0 radical (unpaired) electrons. The molecule has 3 rings (SSSR count). The van der Waals surface area contributed by atoms with Gasteiger partial charge in [0.05, 0.1) is 0 Å². The second-order valence-electron chi connectivity index (χ2n) is 5.88. The van der Waals surface area contributed by atoms with Crippen LogP contribution in [0.4, 0.5) is 0 Å². The number of carbonyl (C=O) groups excluding carboxylic acids is 1. The van der Waals surface area contributed by atoms with Gasteiger partial charge in [-0.05, 0) is 38.6 Å². The number of Topliss-reactive ketones (excluding diaryl/α,β-unsaturated/α-hetero) is 1. The highest BCUT2D eigenvalue weighted by Gasteiger charge is 2.38. The minimum absolute atomic E-state index is 0.324. The van der Waals surface area contributed by atoms with E-state index in [1.54, 1.807) is 0 Å². The summed E-state index contributed by atoms with van der Waals surface area (Å²) >= 11 is 0. The summed E-state index contributed by atoms with van der Waals surface area (Å²) in [5.41, 5.74) is 0.878. The van der Waals surface area contributed by atoms with Gasteiger partial charge in [0.25, 0.3) is 0 Å². The Hall–Kier alpha value is -1.15. The van der Waals surface area contributed by atoms with Gasteiger partial charge in [0.2, 0.25) is 0 Å². The molecule has 2 fully saturated rings. The lowest BCUT2D eigenvalue weighted by Gasteiger charge is -2.36. The van der Waals surface area contributed by atoms with Crippen LogP contribution in [0.15, 0.2) is 30.3 Å². The zero-order chi connectivity index (χ0) is 12.5. The van der Waals surface area contributed by atoms with Crippen molar-refractivity contribution in [3.63, 3.8) is 0 Å². The number of nitrogens with zero attached hydrogens (tertiary/aromatic N) is 1. The number of ketones is 1. The van der Waals surface area contributed by atoms with Crippen molar-refractivity contribution in [1.29, 1.82) is 0 Å². The summed E-state index contributed by atoms with van der Waals surface area (Å²) < 4.78 is 0. The fourth-order valence-corrected chi connectivity index (χ4v) is 3.69. The summed E-state index contributed by atoms with van der Waals surface area (Å²) in [5.74, 6) is 0.927. The Kier molecular flexibility index (Phi) is 3.21. The van der Waals surface area contributed by atoms with Crippen LogP contribution in [0.3, 0.4) is 0 Å². The molecule has 0 amide bonds. The molecule has 2 nitrogen and oxygen atoms in total. The van der Waals surface area contributed by atoms with Crippen LogP contribution < -0.4 is 0 Å². The second kappa shape index (κ2) is 4.85. The Balaban J connectivity index is 1.63. The molecule has 0 saturated carbocycles. The minimum Gasteiger partial charge on any atom is -0.300 e. The molecule has 2 heterocycles. The maximum Gasteiger partial charge on any atom is 0.163 e. The monoisotopic (exact) mass is 243 g/mol. The van der Waals surface area contributed by atoms with E-state index in [1.165, 1.54) is 25.7 Å². The van der Waals surface area contributed by atoms with Crippen molar-refractivity contribution in [3.8, 4) is 0 Å². The molecule has 18 heavy (non-hydrogen) atoms. The predicted molar refractivity (Wildman–Crippen MR) is 72.7 cm³/mol. The molecular formula is C16H21NO. The van der Waals surface area contributed by atoms with Crippen LogP contribution >= 0.6 is 0 Å². The molecule has 2 bridgehead atoms. The van der Waals surface area contributed by atoms with Gasteiger partial charge in [-0.15, -0.1) is 0 Å². The summed E-state index contributed by atoms with van der Waals surface area (Å²) in [4.78, 5) is 14.7. The van der Waals surface area contributed by atoms with Crippen molar-refractivity contribution in [2.24, 2.45) is 5.92 Å². The average molecular weight is 243 g/mol. The zero-order valence-corrected chi connectivity index (χ0v) is 11.0. The van der Waals surface area contributed by atoms with Gasteiger partial charge >= 0.3 is 0 Å². The molecule has 2 saturated heterocycles. The Morgan fingerprint density at radius 1 is 1.17 bits per heavy atom. The molecule has 0 aliphatic carbocycles. The highest BCUT2D eigenvalue weighted by molar-refractivity contribution is 5.96. The zero-order valence-electron chi connectivity index (χ0n) is 11.0. The van der Waals surface area contributed by atoms with Crippen molar-refractivity contribution in [3.05, 3.63) is 35.9 Å². The van der Waals surface area contributed by atoms with E-state index in [0.717, 1.165) is 24.1 Å². The third-order valence-corrected chi connectivity index (χ3v) is 4.77. The van der Waals surface area contributed by atoms with Crippen LogP contribution in [0.5, 0.6) is 0 Å². The van der Waals surface area contributed by atoms with E-state index >= 15 is 0 Å². The van der Waals surface area contributed by atoms with Gasteiger partial charge in [-0.3, -0.25) is 4.79 Å². The van der Waals surface area contributed by atoms with Crippen LogP contribution in [0, 0.1) is 5.92 Å². The third kappa shape index (κ3) is 2.22. The van der Waals surface area contributed by atoms with Gasteiger partial charge in [-0.25, -0.2) is 0 Å². The number of piperidine rings is 1. The maximum atomic E-state index is 12.2. The van der Waals surface area contributed by atoms with Gasteiger partial charge in [-0.1, -0.05) is 30.3 Å². The molecule has 0 aromatic heterocycles. The summed E-state index contributed by atoms with van der Waals surface area (Å²) in [7, 11) is 2.25. The molecule has 1 aromatic carbocycles. The summed E-state index contributed by atoms with van der Waals surface area (Å²) in [5, 5.41) is 0. The van der Waals surface area contributed by atoms with Crippen molar-refractivity contribution in [2.45, 2.75) is 44.2 Å². The first-order valence-electron chi connectivity index (χ1n) is 7.04. The van der Waals surface area contributed by atoms with E-state index in [0.29, 0.717) is 11.7 Å². The van der Waals surface area contributed by atoms with E-state index in [2.05, 4.69) is 11.9 Å². The summed E-state index contributed by atoms with van der Waals surface area (Å²) in [6, 6.07) is 11.2. The fourth-order valence-electron chi connectivity index (χ4n) is 3.69. The first-order valence-corrected chi connectivity index (χ1v) is 7.04. The van der Waals surface area contributed by atoms with Crippen LogP contribution in [0.2, 0.25) is 0 Å². The number of benzene rings is 1. The first kappa shape index (κ1) is 11.9. The number of fused-ring (bicyclic) bond motifs is 2. The Bertz CT molecular complexity index is 414. The highest BCUT2D eigenvalue weighted by atomic mass is 16.1. The Morgan fingerprint density at radius 2 is 1.78 bits per heavy atom. The number of hydrogen-bond donors (Lipinski definition) is 0. The normalized spacial score (nSPS) is 31.5. The third-order valence-electron chi connectivity index (χ3n) is 4.77. The van der Waals surface area contributed by atoms with E-state index in [1.807, 2.05) is 30.3 Å². The minimum atomic E-state index is 0.324. The van der Waals surface area contributed by atoms with Gasteiger partial charge in [0.1, 0.15) is 0 Å². The fraction of sp³-hybridized carbons (Fsp3) is 0.562. The molecule has 1 unspecified atom stereocenters. The topological polar surface area (TPSA) is 20.3 Å². The van der Waals surface area contributed by atoms with E-state index in [-0.39, 0.29) is 0 Å². The lowest BCUT2D eigenvalue weighted by Crippen LogP contribution is -2.40. The molecule has 2 aliphatic heterocycles. The van der Waals surface area contributed by atoms with Crippen LogP contribution in [-0.2, 0) is 0 Å². The smallest absolute Gasteiger partial charge is 0.163 e. The van der Waals surface area contributed by atoms with Gasteiger partial charge < -0.3 is 4.90 Å². The van der Waals surface area contributed by atoms with Crippen LogP contribution in [-0.4, -0.2) is 29.8 Å². The van der Waals surface area contributed by atoms with Crippen molar-refractivity contribution < 1.29 is 4.79 Å². The Morgan fingerprint density at radius 3 is 2.39 bits per heavy atom. The van der Waals surface area contributed by atoms with Gasteiger partial charge in [-0.2, -0.15) is 0 Å². The van der Waals surface area contributed by atoms with E-state index in [9.17, 15) is 4.79 Å². The number of carbonyl (C=O) groups is 1. The summed E-state index contributed by atoms with van der Waals surface area (Å²) in [6.45, 7) is 0. The first-order chi connectivity index (χ1) is 8.74. The van der Waals surface area contributed by atoms with Crippen molar-refractivity contribution in [2.75, 3.05) is 7.05 Å². The molecule has 96 valence electrons. The molecule has 0 spiro atoms. The van der Waals surface area contributed by atoms with Crippen molar-refractivity contribution >= 4 is 5.78 Å². The van der Waals surface area contributed by atoms with E-state index in [4.69, 9.17) is 0 Å². The second-order valence-corrected chi connectivity index (χ2v) is 5.88. The molecule has 1 aromatic rings. The average Bonchev–Trinajstić information content (AvgIpc) is 2.63. The number of rotatable bonds is 3. The van der Waals surface area contributed by atoms with Crippen molar-refractivity contribution in [1.82, 2.24) is 4.90 Å². The molecular weight excluding hydrogens is 222 g/mol. The van der Waals surface area contributed by atoms with E-state index < -0.39 is 0 Å². The number of hydrogen-bond acceptors (Lipinski definition) is 2. The molecule has 0 N–H and O–H groups in total. The van der Waals surface area contributed by atoms with Crippen LogP contribution in [0.25, 0.3) is 0 Å². The molecule has 3 atom stereocenters. The highest BCUT2D eigenvalue weighted by Crippen LogP contribution is 2.38. The summed E-state index contributed by atoms with van der Waals surface area (Å²) in [6.07, 6.45) is 5.83. The van der Waals surface area contributed by atoms with Gasteiger partial charge in [0.15, 0.2) is 5.78 Å². The maximum absolute atomic E-state index is 12.2. The molecule has 2 aliphatic rings. The van der Waals surface area contributed by atoms with Crippen LogP contribution in [0.1, 0.15) is 42.5 Å². The molecule has 2 heteroatoms. The Labute approximate surface area is 109 Å². The predicted octanol–water partition coefficient (Wildman–Crippen LogP) is 3.13. The quantitative estimate of drug-likeness (QED) is 0.760. The SMILES string of the molecule is CN1[C@@H]2CC[C@H]1CC(CC(=O)c1ccccc1)C2. The lowest BCUT2D eigenvalue weighted by molar-refractivity contribution is 0.0882. The largest absolute Gasteiger partial charge is 0.300 e. The van der Waals surface area contributed by atoms with Gasteiger partial charge in [0, 0.05) is 24.1 Å². The standard InChI is InChI=1S/C16H21NO/c1-17-14-7-8-15(17)10-12(9-14)11-16(18)13-5-3-2-4-6-13/h2-6,12,14-15H,7-11H2,1H3/t12?,14-,15+.